The van der Waals surface area contributed by atoms with Gasteiger partial charge >= 0.3 is 5.97 Å². The number of aliphatic hydroxyl groups is 3. The highest BCUT2D eigenvalue weighted by Gasteiger charge is 2.46. The van der Waals surface area contributed by atoms with Gasteiger partial charge in [-0.25, -0.2) is 14.2 Å². The fourth-order valence-electron chi connectivity index (χ4n) is 6.22. The first-order valence-electron chi connectivity index (χ1n) is 13.0. The summed E-state index contributed by atoms with van der Waals surface area (Å²) in [6.45, 7) is 2.82. The molecular weight excluding hydrogens is 509 g/mol. The first kappa shape index (κ1) is 25.6. The number of cyclic esters (lactones) is 1. The van der Waals surface area contributed by atoms with Crippen molar-refractivity contribution in [2.75, 3.05) is 6.61 Å². The van der Waals surface area contributed by atoms with Gasteiger partial charge in [0.1, 0.15) is 18.5 Å². The number of halogens is 1. The van der Waals surface area contributed by atoms with Gasteiger partial charge in [0, 0.05) is 35.6 Å². The summed E-state index contributed by atoms with van der Waals surface area (Å²) in [4.78, 5) is 43.7. The number of aromatic nitrogens is 2. The Morgan fingerprint density at radius 2 is 2.08 bits per heavy atom. The molecule has 1 aromatic carbocycles. The van der Waals surface area contributed by atoms with E-state index < -0.39 is 41.0 Å². The first-order valence-corrected chi connectivity index (χ1v) is 13.0. The summed E-state index contributed by atoms with van der Waals surface area (Å²) >= 11 is 0. The Morgan fingerprint density at radius 3 is 2.79 bits per heavy atom. The molecule has 4 N–H and O–H groups in total. The number of ether oxygens (including phenoxy) is 1. The van der Waals surface area contributed by atoms with Crippen molar-refractivity contribution in [2.45, 2.75) is 70.4 Å². The van der Waals surface area contributed by atoms with Crippen LogP contribution in [-0.2, 0) is 39.5 Å². The lowest BCUT2D eigenvalue weighted by Gasteiger charge is -2.31. The second-order valence-electron chi connectivity index (χ2n) is 10.4. The van der Waals surface area contributed by atoms with Crippen molar-refractivity contribution in [2.24, 2.45) is 0 Å². The molecule has 1 amide bonds. The number of aliphatic hydroxyl groups excluding tert-OH is 2. The standard InChI is InChI=1S/C28H28FN3O7/c1-3-28(38)16-8-20-24-14(10-32(20)26(36)15(16)11-39-27(28)37)23-18(31-25(35)21(34)6-7-33)5-4-13-12(2)17(29)9-19(30-24)22(13)23/h8-9,18,21,33-34,38H,3-7,10-11H2,1-2H3,(H,31,35)/t18-,21?,28-/m0/s1. The van der Waals surface area contributed by atoms with E-state index in [1.54, 1.807) is 19.9 Å². The molecule has 0 spiro atoms. The van der Waals surface area contributed by atoms with Gasteiger partial charge in [0.2, 0.25) is 5.91 Å². The summed E-state index contributed by atoms with van der Waals surface area (Å²) in [6.07, 6.45) is -0.605. The highest BCUT2D eigenvalue weighted by Crippen LogP contribution is 2.45. The SMILES string of the molecule is CC[C@@]1(O)C(=O)OCc2c1cc1n(c2=O)Cc2c-1nc1cc(F)c(C)c3c1c2[C@@H](NC(=O)C(O)CCO)CC3. The summed E-state index contributed by atoms with van der Waals surface area (Å²) in [7, 11) is 0. The molecule has 0 saturated heterocycles. The van der Waals surface area contributed by atoms with Crippen LogP contribution in [0.3, 0.4) is 0 Å². The Labute approximate surface area is 222 Å². The molecule has 0 radical (unpaired) electrons. The first-order chi connectivity index (χ1) is 18.6. The van der Waals surface area contributed by atoms with Crippen LogP contribution >= 0.6 is 0 Å². The van der Waals surface area contributed by atoms with E-state index in [0.29, 0.717) is 51.8 Å². The number of nitrogens with one attached hydrogen (secondary N) is 1. The molecule has 0 bridgehead atoms. The van der Waals surface area contributed by atoms with Crippen LogP contribution in [0.2, 0.25) is 0 Å². The number of hydrogen-bond acceptors (Lipinski definition) is 8. The third kappa shape index (κ3) is 3.56. The van der Waals surface area contributed by atoms with Gasteiger partial charge in [-0.15, -0.1) is 0 Å². The van der Waals surface area contributed by atoms with E-state index in [9.17, 15) is 29.0 Å². The Hall–Kier alpha value is -3.67. The van der Waals surface area contributed by atoms with Crippen LogP contribution in [0.25, 0.3) is 22.3 Å². The highest BCUT2D eigenvalue weighted by atomic mass is 19.1. The van der Waals surface area contributed by atoms with Crippen molar-refractivity contribution in [1.29, 1.82) is 0 Å². The molecule has 204 valence electrons. The Morgan fingerprint density at radius 1 is 1.31 bits per heavy atom. The smallest absolute Gasteiger partial charge is 0.343 e. The number of hydrogen-bond donors (Lipinski definition) is 4. The third-order valence-corrected chi connectivity index (χ3v) is 8.40. The predicted molar refractivity (Wildman–Crippen MR) is 136 cm³/mol. The molecule has 3 aliphatic rings. The van der Waals surface area contributed by atoms with Crippen LogP contribution in [0.5, 0.6) is 0 Å². The van der Waals surface area contributed by atoms with Crippen LogP contribution in [0, 0.1) is 12.7 Å². The number of amides is 1. The molecule has 2 aromatic heterocycles. The minimum absolute atomic E-state index is 0.00308. The molecule has 0 saturated carbocycles. The molecule has 6 rings (SSSR count). The summed E-state index contributed by atoms with van der Waals surface area (Å²) in [6, 6.07) is 2.37. The summed E-state index contributed by atoms with van der Waals surface area (Å²) in [5.41, 5.74) is 1.74. The van der Waals surface area contributed by atoms with Crippen LogP contribution in [0.4, 0.5) is 4.39 Å². The van der Waals surface area contributed by atoms with Crippen LogP contribution in [0.15, 0.2) is 16.9 Å². The number of aryl methyl sites for hydroxylation is 1. The number of fused-ring (bicyclic) bond motifs is 5. The van der Waals surface area contributed by atoms with Crippen molar-refractivity contribution in [3.05, 3.63) is 61.7 Å². The van der Waals surface area contributed by atoms with Crippen molar-refractivity contribution < 1.29 is 34.0 Å². The van der Waals surface area contributed by atoms with E-state index in [2.05, 4.69) is 5.32 Å². The largest absolute Gasteiger partial charge is 0.458 e. The zero-order valence-electron chi connectivity index (χ0n) is 21.5. The van der Waals surface area contributed by atoms with E-state index in [4.69, 9.17) is 14.8 Å². The third-order valence-electron chi connectivity index (χ3n) is 8.40. The lowest BCUT2D eigenvalue weighted by molar-refractivity contribution is -0.172. The fourth-order valence-corrected chi connectivity index (χ4v) is 6.22. The van der Waals surface area contributed by atoms with Gasteiger partial charge in [0.25, 0.3) is 5.56 Å². The maximum absolute atomic E-state index is 15.0. The van der Waals surface area contributed by atoms with E-state index in [-0.39, 0.29) is 43.7 Å². The Kier molecular flexibility index (Phi) is 5.87. The minimum Gasteiger partial charge on any atom is -0.458 e. The van der Waals surface area contributed by atoms with Crippen molar-refractivity contribution in [3.63, 3.8) is 0 Å². The van der Waals surface area contributed by atoms with Crippen LogP contribution in [-0.4, -0.2) is 49.5 Å². The summed E-state index contributed by atoms with van der Waals surface area (Å²) in [5.74, 6) is -1.88. The van der Waals surface area contributed by atoms with Crippen molar-refractivity contribution in [1.82, 2.24) is 14.9 Å². The van der Waals surface area contributed by atoms with Gasteiger partial charge in [0.15, 0.2) is 5.60 Å². The Bertz CT molecular complexity index is 1650. The summed E-state index contributed by atoms with van der Waals surface area (Å²) < 4.78 is 21.6. The zero-order chi connectivity index (χ0) is 27.8. The molecule has 10 nitrogen and oxygen atoms in total. The lowest BCUT2D eigenvalue weighted by Crippen LogP contribution is -2.44. The van der Waals surface area contributed by atoms with E-state index in [1.807, 2.05) is 0 Å². The molecule has 1 aliphatic carbocycles. The van der Waals surface area contributed by atoms with Gasteiger partial charge in [-0.1, -0.05) is 6.92 Å². The topological polar surface area (TPSA) is 151 Å². The molecule has 1 unspecified atom stereocenters. The number of pyridine rings is 2. The average molecular weight is 538 g/mol. The molecular formula is C28H28FN3O7. The maximum Gasteiger partial charge on any atom is 0.343 e. The zero-order valence-corrected chi connectivity index (χ0v) is 21.5. The monoisotopic (exact) mass is 537 g/mol. The number of rotatable bonds is 5. The van der Waals surface area contributed by atoms with Gasteiger partial charge < -0.3 is 29.9 Å². The quantitative estimate of drug-likeness (QED) is 0.279. The molecule has 39 heavy (non-hydrogen) atoms. The average Bonchev–Trinajstić information content (AvgIpc) is 3.29. The van der Waals surface area contributed by atoms with Crippen LogP contribution in [0.1, 0.15) is 65.6 Å². The maximum atomic E-state index is 15.0. The Balaban J connectivity index is 1.60. The normalized spacial score (nSPS) is 21.7. The molecule has 3 aromatic rings. The minimum atomic E-state index is -1.98. The number of carbonyl (C=O) groups excluding carboxylic acids is 2. The number of carbonyl (C=O) groups is 2. The molecule has 0 fully saturated rings. The number of benzene rings is 1. The van der Waals surface area contributed by atoms with Gasteiger partial charge in [-0.3, -0.25) is 9.59 Å². The predicted octanol–water partition coefficient (Wildman–Crippen LogP) is 1.37. The van der Waals surface area contributed by atoms with Crippen molar-refractivity contribution >= 4 is 22.8 Å². The van der Waals surface area contributed by atoms with Gasteiger partial charge in [0.05, 0.1) is 35.1 Å². The lowest BCUT2D eigenvalue weighted by atomic mass is 9.81. The van der Waals surface area contributed by atoms with Crippen molar-refractivity contribution in [3.8, 4) is 11.4 Å². The second kappa shape index (κ2) is 8.94. The van der Waals surface area contributed by atoms with Crippen LogP contribution < -0.4 is 10.9 Å². The van der Waals surface area contributed by atoms with E-state index in [0.717, 1.165) is 5.56 Å². The second-order valence-corrected chi connectivity index (χ2v) is 10.4. The molecule has 11 heteroatoms. The number of esters is 1. The van der Waals surface area contributed by atoms with Gasteiger partial charge in [-0.2, -0.15) is 0 Å². The van der Waals surface area contributed by atoms with E-state index in [1.165, 1.54) is 10.6 Å². The fraction of sp³-hybridized carbons (Fsp3) is 0.429. The molecule has 3 atom stereocenters. The highest BCUT2D eigenvalue weighted by molar-refractivity contribution is 5.94. The number of nitrogens with zero attached hydrogens (tertiary/aromatic N) is 2. The molecule has 2 aliphatic heterocycles. The molecule has 4 heterocycles. The van der Waals surface area contributed by atoms with E-state index >= 15 is 0 Å². The van der Waals surface area contributed by atoms with Gasteiger partial charge in [-0.05, 0) is 48.9 Å². The summed E-state index contributed by atoms with van der Waals surface area (Å²) in [5, 5.41) is 34.0.